The third kappa shape index (κ3) is 3.81. The maximum atomic E-state index is 13.0. The van der Waals surface area contributed by atoms with Gasteiger partial charge in [0, 0.05) is 11.1 Å². The largest absolute Gasteiger partial charge is 0.481 e. The van der Waals surface area contributed by atoms with E-state index in [1.807, 2.05) is 31.2 Å². The Morgan fingerprint density at radius 2 is 1.71 bits per heavy atom. The van der Waals surface area contributed by atoms with Crippen molar-refractivity contribution in [3.05, 3.63) is 29.8 Å². The molecule has 1 amide bonds. The van der Waals surface area contributed by atoms with E-state index in [1.165, 1.54) is 55.2 Å². The third-order valence-electron chi connectivity index (χ3n) is 7.68. The van der Waals surface area contributed by atoms with E-state index in [2.05, 4.69) is 17.1 Å². The number of carbonyl (C=O) groups is 2. The van der Waals surface area contributed by atoms with Gasteiger partial charge >= 0.3 is 5.97 Å². The second-order valence-corrected chi connectivity index (χ2v) is 11.1. The van der Waals surface area contributed by atoms with Crippen LogP contribution >= 0.6 is 11.8 Å². The van der Waals surface area contributed by atoms with Crippen molar-refractivity contribution in [3.8, 4) is 0 Å². The van der Waals surface area contributed by atoms with E-state index in [-0.39, 0.29) is 17.7 Å². The van der Waals surface area contributed by atoms with Gasteiger partial charge in [-0.25, -0.2) is 0 Å². The first kappa shape index (κ1) is 20.7. The van der Waals surface area contributed by atoms with Gasteiger partial charge in [0.25, 0.3) is 0 Å². The van der Waals surface area contributed by atoms with E-state index < -0.39 is 11.2 Å². The number of hydrogen-bond donors (Lipinski definition) is 1. The zero-order valence-electron chi connectivity index (χ0n) is 18.1. The van der Waals surface area contributed by atoms with Crippen LogP contribution in [-0.4, -0.2) is 33.1 Å². The summed E-state index contributed by atoms with van der Waals surface area (Å²) in [7, 11) is 0. The number of aliphatic carboxylic acids is 1. The summed E-state index contributed by atoms with van der Waals surface area (Å²) in [5.74, 6) is 1.27. The molecule has 1 saturated heterocycles. The normalized spacial score (nSPS) is 35.9. The lowest BCUT2D eigenvalue weighted by atomic mass is 9.48. The Morgan fingerprint density at radius 1 is 1.13 bits per heavy atom. The Bertz CT molecular complexity index is 934. The molecule has 1 N–H and O–H groups in total. The fraction of sp³-hybridized carbons (Fsp3) is 0.583. The van der Waals surface area contributed by atoms with Crippen LogP contribution in [0, 0.1) is 30.1 Å². The molecule has 31 heavy (non-hydrogen) atoms. The fourth-order valence-electron chi connectivity index (χ4n) is 6.53. The molecule has 5 aliphatic rings. The first-order chi connectivity index (χ1) is 14.8. The quantitative estimate of drug-likeness (QED) is 0.524. The Hall–Kier alpha value is -2.15. The molecule has 0 spiro atoms. The maximum absolute atomic E-state index is 13.0. The van der Waals surface area contributed by atoms with E-state index >= 15 is 0 Å². The van der Waals surface area contributed by atoms with Crippen LogP contribution < -0.4 is 4.90 Å². The number of hydrogen-bond acceptors (Lipinski definition) is 5. The highest BCUT2D eigenvalue weighted by atomic mass is 32.2. The first-order valence-corrected chi connectivity index (χ1v) is 12.1. The predicted octanol–water partition coefficient (Wildman–Crippen LogP) is 4.87. The van der Waals surface area contributed by atoms with Gasteiger partial charge in [-0.2, -0.15) is 5.10 Å². The van der Waals surface area contributed by atoms with Crippen molar-refractivity contribution in [2.24, 2.45) is 33.4 Å². The van der Waals surface area contributed by atoms with Crippen LogP contribution in [0.4, 0.5) is 5.69 Å². The minimum Gasteiger partial charge on any atom is -0.481 e. The monoisotopic (exact) mass is 439 g/mol. The van der Waals surface area contributed by atoms with Gasteiger partial charge in [-0.1, -0.05) is 29.5 Å². The minimum absolute atomic E-state index is 0.168. The SMILES string of the molecule is C/C(=N\N=C1\SC(CC(=O)O)C(=O)N1c1ccc(C)cc1)C12CC3CC(CC(C3)C1)C2. The lowest BCUT2D eigenvalue weighted by molar-refractivity contribution is -0.138. The summed E-state index contributed by atoms with van der Waals surface area (Å²) in [6.45, 7) is 4.09. The molecule has 0 aromatic heterocycles. The van der Waals surface area contributed by atoms with Crippen LogP contribution in [0.1, 0.15) is 57.4 Å². The summed E-state index contributed by atoms with van der Waals surface area (Å²) in [5.41, 5.74) is 3.05. The van der Waals surface area contributed by atoms with Crippen LogP contribution in [0.5, 0.6) is 0 Å². The van der Waals surface area contributed by atoms with Crippen LogP contribution in [0.25, 0.3) is 0 Å². The van der Waals surface area contributed by atoms with Crippen molar-refractivity contribution in [1.29, 1.82) is 0 Å². The second-order valence-electron chi connectivity index (χ2n) is 9.98. The number of thioether (sulfide) groups is 1. The molecule has 7 heteroatoms. The number of aryl methyl sites for hydroxylation is 1. The zero-order chi connectivity index (χ0) is 21.8. The number of carboxylic acid groups (broad SMARTS) is 1. The molecule has 4 aliphatic carbocycles. The molecule has 6 rings (SSSR count). The van der Waals surface area contributed by atoms with Gasteiger partial charge in [0.15, 0.2) is 5.17 Å². The summed E-state index contributed by atoms with van der Waals surface area (Å²) in [6, 6.07) is 7.64. The summed E-state index contributed by atoms with van der Waals surface area (Å²) in [4.78, 5) is 25.8. The number of benzene rings is 1. The highest BCUT2D eigenvalue weighted by Crippen LogP contribution is 2.60. The predicted molar refractivity (Wildman–Crippen MR) is 123 cm³/mol. The topological polar surface area (TPSA) is 82.3 Å². The Morgan fingerprint density at radius 3 is 2.26 bits per heavy atom. The van der Waals surface area contributed by atoms with Crippen molar-refractivity contribution in [2.45, 2.75) is 64.0 Å². The number of anilines is 1. The molecule has 4 saturated carbocycles. The van der Waals surface area contributed by atoms with Gasteiger partial charge in [-0.15, -0.1) is 5.10 Å². The minimum atomic E-state index is -0.982. The Labute approximate surface area is 187 Å². The Kier molecular flexibility index (Phi) is 5.19. The molecule has 1 unspecified atom stereocenters. The molecule has 1 heterocycles. The van der Waals surface area contributed by atoms with Crippen molar-refractivity contribution >= 4 is 40.2 Å². The lowest BCUT2D eigenvalue weighted by Crippen LogP contribution is -2.49. The highest BCUT2D eigenvalue weighted by Gasteiger charge is 2.52. The number of nitrogens with zero attached hydrogens (tertiary/aromatic N) is 3. The summed E-state index contributed by atoms with van der Waals surface area (Å²) in [5, 5.41) is 18.3. The molecule has 1 aromatic rings. The molecule has 6 nitrogen and oxygen atoms in total. The molecule has 1 aliphatic heterocycles. The molecule has 164 valence electrons. The van der Waals surface area contributed by atoms with Crippen LogP contribution in [-0.2, 0) is 9.59 Å². The molecular weight excluding hydrogens is 410 g/mol. The van der Waals surface area contributed by atoms with Gasteiger partial charge in [0.05, 0.1) is 12.1 Å². The van der Waals surface area contributed by atoms with E-state index in [1.54, 1.807) is 0 Å². The summed E-state index contributed by atoms with van der Waals surface area (Å²) >= 11 is 1.21. The number of amides is 1. The number of carboxylic acids is 1. The average Bonchev–Trinajstić information content (AvgIpc) is 3.00. The van der Waals surface area contributed by atoms with Crippen molar-refractivity contribution in [2.75, 3.05) is 4.90 Å². The number of carbonyl (C=O) groups excluding carboxylic acids is 1. The smallest absolute Gasteiger partial charge is 0.305 e. The maximum Gasteiger partial charge on any atom is 0.305 e. The van der Waals surface area contributed by atoms with Crippen LogP contribution in [0.3, 0.4) is 0 Å². The Balaban J connectivity index is 1.45. The number of amidine groups is 1. The van der Waals surface area contributed by atoms with Gasteiger partial charge < -0.3 is 5.11 Å². The molecule has 1 atom stereocenters. The van der Waals surface area contributed by atoms with Gasteiger partial charge in [0.1, 0.15) is 5.25 Å². The average molecular weight is 440 g/mol. The molecular formula is C24H29N3O3S. The van der Waals surface area contributed by atoms with E-state index in [9.17, 15) is 14.7 Å². The van der Waals surface area contributed by atoms with E-state index in [4.69, 9.17) is 0 Å². The van der Waals surface area contributed by atoms with Crippen molar-refractivity contribution < 1.29 is 14.7 Å². The first-order valence-electron chi connectivity index (χ1n) is 11.2. The summed E-state index contributed by atoms with van der Waals surface area (Å²) < 4.78 is 0. The molecule has 1 aromatic carbocycles. The van der Waals surface area contributed by atoms with Crippen LogP contribution in [0.2, 0.25) is 0 Å². The molecule has 5 fully saturated rings. The molecule has 4 bridgehead atoms. The van der Waals surface area contributed by atoms with E-state index in [0.717, 1.165) is 29.0 Å². The lowest BCUT2D eigenvalue weighted by Gasteiger charge is -2.56. The van der Waals surface area contributed by atoms with Gasteiger partial charge in [0.2, 0.25) is 5.91 Å². The van der Waals surface area contributed by atoms with E-state index in [0.29, 0.717) is 10.9 Å². The highest BCUT2D eigenvalue weighted by molar-refractivity contribution is 8.16. The van der Waals surface area contributed by atoms with Crippen molar-refractivity contribution in [1.82, 2.24) is 0 Å². The third-order valence-corrected chi connectivity index (χ3v) is 8.81. The summed E-state index contributed by atoms with van der Waals surface area (Å²) in [6.07, 6.45) is 7.57. The second kappa shape index (κ2) is 7.76. The van der Waals surface area contributed by atoms with Crippen molar-refractivity contribution in [3.63, 3.8) is 0 Å². The number of rotatable bonds is 5. The van der Waals surface area contributed by atoms with Crippen LogP contribution in [0.15, 0.2) is 34.5 Å². The molecule has 0 radical (unpaired) electrons. The van der Waals surface area contributed by atoms with Gasteiger partial charge in [-0.3, -0.25) is 14.5 Å². The van der Waals surface area contributed by atoms with Gasteiger partial charge in [-0.05, 0) is 82.3 Å². The zero-order valence-corrected chi connectivity index (χ0v) is 18.9. The standard InChI is InChI=1S/C24H29N3O3S/c1-14-3-5-19(6-4-14)27-22(30)20(10-21(28)29)31-23(27)26-25-15(2)24-11-16-7-17(12-24)9-18(8-16)13-24/h3-6,16-18,20H,7-13H2,1-2H3,(H,28,29)/b25-15+,26-23+. The fourth-order valence-corrected chi connectivity index (χ4v) is 7.61.